The first-order valence-corrected chi connectivity index (χ1v) is 9.37. The first-order chi connectivity index (χ1) is 12.5. The van der Waals surface area contributed by atoms with E-state index >= 15 is 0 Å². The Morgan fingerprint density at radius 1 is 1.12 bits per heavy atom. The molecular formula is C21H28ClNO3. The maximum absolute atomic E-state index is 6.41. The summed E-state index contributed by atoms with van der Waals surface area (Å²) in [5.74, 6) is 2.22. The second-order valence-electron chi connectivity index (χ2n) is 6.24. The van der Waals surface area contributed by atoms with Crippen LogP contribution in [0.5, 0.6) is 17.2 Å². The molecule has 2 aromatic carbocycles. The van der Waals surface area contributed by atoms with Gasteiger partial charge in [-0.05, 0) is 63.1 Å². The SMILES string of the molecule is CCOc1cc(CNCCc2ccccc2OC)cc(Cl)c1OC(C)C. The number of hydrogen-bond donors (Lipinski definition) is 1. The average Bonchev–Trinajstić information content (AvgIpc) is 2.62. The summed E-state index contributed by atoms with van der Waals surface area (Å²) in [4.78, 5) is 0. The van der Waals surface area contributed by atoms with Crippen molar-refractivity contribution in [3.8, 4) is 17.2 Å². The number of hydrogen-bond acceptors (Lipinski definition) is 4. The molecule has 0 bridgehead atoms. The van der Waals surface area contributed by atoms with Crippen LogP contribution in [0, 0.1) is 0 Å². The molecule has 0 saturated carbocycles. The Morgan fingerprint density at radius 2 is 1.88 bits per heavy atom. The molecule has 2 rings (SSSR count). The number of methoxy groups -OCH3 is 1. The van der Waals surface area contributed by atoms with Crippen LogP contribution >= 0.6 is 11.6 Å². The molecule has 0 saturated heterocycles. The summed E-state index contributed by atoms with van der Waals surface area (Å²) in [6.07, 6.45) is 0.932. The number of halogens is 1. The van der Waals surface area contributed by atoms with Gasteiger partial charge in [0.2, 0.25) is 0 Å². The van der Waals surface area contributed by atoms with Crippen LogP contribution in [0.15, 0.2) is 36.4 Å². The van der Waals surface area contributed by atoms with Gasteiger partial charge in [0.15, 0.2) is 11.5 Å². The van der Waals surface area contributed by atoms with Crippen LogP contribution in [-0.2, 0) is 13.0 Å². The van der Waals surface area contributed by atoms with Gasteiger partial charge in [-0.15, -0.1) is 0 Å². The highest BCUT2D eigenvalue weighted by Crippen LogP contribution is 2.37. The van der Waals surface area contributed by atoms with Crippen LogP contribution < -0.4 is 19.5 Å². The highest BCUT2D eigenvalue weighted by molar-refractivity contribution is 6.32. The van der Waals surface area contributed by atoms with Gasteiger partial charge in [-0.1, -0.05) is 29.8 Å². The molecule has 5 heteroatoms. The zero-order chi connectivity index (χ0) is 18.9. The molecule has 0 radical (unpaired) electrons. The molecular weight excluding hydrogens is 350 g/mol. The second-order valence-corrected chi connectivity index (χ2v) is 6.65. The van der Waals surface area contributed by atoms with E-state index in [9.17, 15) is 0 Å². The van der Waals surface area contributed by atoms with Crippen LogP contribution in [0.2, 0.25) is 5.02 Å². The molecule has 0 amide bonds. The fraction of sp³-hybridized carbons (Fsp3) is 0.429. The van der Waals surface area contributed by atoms with Gasteiger partial charge >= 0.3 is 0 Å². The quantitative estimate of drug-likeness (QED) is 0.600. The molecule has 26 heavy (non-hydrogen) atoms. The van der Waals surface area contributed by atoms with Gasteiger partial charge in [0.25, 0.3) is 0 Å². The predicted molar refractivity (Wildman–Crippen MR) is 107 cm³/mol. The fourth-order valence-corrected chi connectivity index (χ4v) is 2.98. The third-order valence-electron chi connectivity index (χ3n) is 3.82. The third kappa shape index (κ3) is 5.82. The highest BCUT2D eigenvalue weighted by atomic mass is 35.5. The van der Waals surface area contributed by atoms with E-state index in [1.807, 2.05) is 51.1 Å². The maximum Gasteiger partial charge on any atom is 0.180 e. The summed E-state index contributed by atoms with van der Waals surface area (Å²) in [7, 11) is 1.70. The Morgan fingerprint density at radius 3 is 2.58 bits per heavy atom. The molecule has 142 valence electrons. The van der Waals surface area contributed by atoms with Crippen LogP contribution in [-0.4, -0.2) is 26.4 Å². The lowest BCUT2D eigenvalue weighted by Gasteiger charge is -2.17. The van der Waals surface area contributed by atoms with Gasteiger partial charge in [-0.3, -0.25) is 0 Å². The summed E-state index contributed by atoms with van der Waals surface area (Å²) < 4.78 is 16.9. The topological polar surface area (TPSA) is 39.7 Å². The predicted octanol–water partition coefficient (Wildman–Crippen LogP) is 4.87. The van der Waals surface area contributed by atoms with Gasteiger partial charge in [0, 0.05) is 6.54 Å². The molecule has 1 N–H and O–H groups in total. The molecule has 0 unspecified atom stereocenters. The van der Waals surface area contributed by atoms with Crippen molar-refractivity contribution < 1.29 is 14.2 Å². The Bertz CT molecular complexity index is 704. The summed E-state index contributed by atoms with van der Waals surface area (Å²) in [6.45, 7) is 8.00. The molecule has 0 aliphatic rings. The Hall–Kier alpha value is -1.91. The smallest absolute Gasteiger partial charge is 0.180 e. The fourth-order valence-electron chi connectivity index (χ4n) is 2.70. The monoisotopic (exact) mass is 377 g/mol. The standard InChI is InChI=1S/C21H28ClNO3/c1-5-25-20-13-16(12-18(22)21(20)26-15(2)3)14-23-11-10-17-8-6-7-9-19(17)24-4/h6-9,12-13,15,23H,5,10-11,14H2,1-4H3. The van der Waals surface area contributed by atoms with Crippen molar-refractivity contribution in [3.63, 3.8) is 0 Å². The van der Waals surface area contributed by atoms with Crippen molar-refractivity contribution in [1.82, 2.24) is 5.32 Å². The zero-order valence-corrected chi connectivity index (χ0v) is 16.7. The largest absolute Gasteiger partial charge is 0.496 e. The number of ether oxygens (including phenoxy) is 3. The molecule has 0 aliphatic carbocycles. The summed E-state index contributed by atoms with van der Waals surface area (Å²) in [5, 5.41) is 4.02. The van der Waals surface area contributed by atoms with E-state index < -0.39 is 0 Å². The van der Waals surface area contributed by atoms with Crippen molar-refractivity contribution in [2.75, 3.05) is 20.3 Å². The van der Waals surface area contributed by atoms with E-state index in [1.54, 1.807) is 7.11 Å². The van der Waals surface area contributed by atoms with Gasteiger partial charge in [-0.2, -0.15) is 0 Å². The summed E-state index contributed by atoms with van der Waals surface area (Å²) in [5.41, 5.74) is 2.26. The van der Waals surface area contributed by atoms with Crippen molar-refractivity contribution in [1.29, 1.82) is 0 Å². The van der Waals surface area contributed by atoms with Gasteiger partial charge in [-0.25, -0.2) is 0 Å². The lowest BCUT2D eigenvalue weighted by molar-refractivity contribution is 0.224. The Balaban J connectivity index is 1.98. The first kappa shape index (κ1) is 20.4. The lowest BCUT2D eigenvalue weighted by Crippen LogP contribution is -2.17. The van der Waals surface area contributed by atoms with Gasteiger partial charge in [0.1, 0.15) is 5.75 Å². The highest BCUT2D eigenvalue weighted by Gasteiger charge is 2.14. The zero-order valence-electron chi connectivity index (χ0n) is 16.0. The lowest BCUT2D eigenvalue weighted by atomic mass is 10.1. The number of rotatable bonds is 10. The molecule has 4 nitrogen and oxygen atoms in total. The summed E-state index contributed by atoms with van der Waals surface area (Å²) >= 11 is 6.41. The Labute approximate surface area is 161 Å². The van der Waals surface area contributed by atoms with Crippen molar-refractivity contribution in [2.45, 2.75) is 39.8 Å². The molecule has 0 heterocycles. The average molecular weight is 378 g/mol. The second kappa shape index (κ2) is 10.3. The minimum Gasteiger partial charge on any atom is -0.496 e. The first-order valence-electron chi connectivity index (χ1n) is 8.99. The van der Waals surface area contributed by atoms with E-state index in [0.29, 0.717) is 29.7 Å². The van der Waals surface area contributed by atoms with Crippen LogP contribution in [0.4, 0.5) is 0 Å². The maximum atomic E-state index is 6.41. The van der Waals surface area contributed by atoms with E-state index in [2.05, 4.69) is 11.4 Å². The van der Waals surface area contributed by atoms with Crippen LogP contribution in [0.25, 0.3) is 0 Å². The Kier molecular flexibility index (Phi) is 8.07. The van der Waals surface area contributed by atoms with Gasteiger partial charge in [0.05, 0.1) is 24.8 Å². The van der Waals surface area contributed by atoms with Crippen LogP contribution in [0.1, 0.15) is 31.9 Å². The number of benzene rings is 2. The molecule has 0 aromatic heterocycles. The third-order valence-corrected chi connectivity index (χ3v) is 4.10. The number of para-hydroxylation sites is 1. The summed E-state index contributed by atoms with van der Waals surface area (Å²) in [6, 6.07) is 12.0. The van der Waals surface area contributed by atoms with E-state index in [1.165, 1.54) is 5.56 Å². The molecule has 0 aliphatic heterocycles. The molecule has 0 atom stereocenters. The van der Waals surface area contributed by atoms with Crippen molar-refractivity contribution >= 4 is 11.6 Å². The molecule has 0 fully saturated rings. The van der Waals surface area contributed by atoms with Crippen LogP contribution in [0.3, 0.4) is 0 Å². The minimum absolute atomic E-state index is 0.0385. The van der Waals surface area contributed by atoms with Gasteiger partial charge < -0.3 is 19.5 Å². The van der Waals surface area contributed by atoms with Crippen molar-refractivity contribution in [3.05, 3.63) is 52.5 Å². The number of nitrogens with one attached hydrogen (secondary N) is 1. The van der Waals surface area contributed by atoms with Crippen molar-refractivity contribution in [2.24, 2.45) is 0 Å². The van der Waals surface area contributed by atoms with E-state index in [4.69, 9.17) is 25.8 Å². The normalized spacial score (nSPS) is 10.8. The van der Waals surface area contributed by atoms with E-state index in [-0.39, 0.29) is 6.10 Å². The minimum atomic E-state index is 0.0385. The van der Waals surface area contributed by atoms with E-state index in [0.717, 1.165) is 24.3 Å². The molecule has 2 aromatic rings. The molecule has 0 spiro atoms.